The molecule has 2 rings (SSSR count). The van der Waals surface area contributed by atoms with Crippen molar-refractivity contribution in [1.29, 1.82) is 0 Å². The lowest BCUT2D eigenvalue weighted by Gasteiger charge is -2.08. The van der Waals surface area contributed by atoms with Gasteiger partial charge in [0, 0.05) is 23.7 Å². The van der Waals surface area contributed by atoms with Gasteiger partial charge in [0.05, 0.1) is 16.2 Å². The molecule has 2 aromatic rings. The molecule has 4 nitrogen and oxygen atoms in total. The molecule has 0 amide bonds. The number of fused-ring (bicyclic) bond motifs is 1. The van der Waals surface area contributed by atoms with Crippen molar-refractivity contribution < 1.29 is 9.90 Å². The zero-order valence-electron chi connectivity index (χ0n) is 10.4. The highest BCUT2D eigenvalue weighted by Crippen LogP contribution is 2.27. The number of aromatic nitrogens is 1. The molecular formula is C14H13ClN2O2. The van der Waals surface area contributed by atoms with Gasteiger partial charge in [-0.05, 0) is 31.2 Å². The van der Waals surface area contributed by atoms with E-state index in [4.69, 9.17) is 16.7 Å². The molecule has 0 radical (unpaired) electrons. The lowest BCUT2D eigenvalue weighted by atomic mass is 10.2. The minimum Gasteiger partial charge on any atom is -0.478 e. The van der Waals surface area contributed by atoms with Crippen LogP contribution in [0.25, 0.3) is 10.9 Å². The summed E-state index contributed by atoms with van der Waals surface area (Å²) in [6.45, 7) is 1.98. The van der Waals surface area contributed by atoms with Crippen LogP contribution in [0.2, 0.25) is 5.02 Å². The summed E-state index contributed by atoms with van der Waals surface area (Å²) in [7, 11) is 0. The number of anilines is 1. The van der Waals surface area contributed by atoms with E-state index in [1.54, 1.807) is 25.3 Å². The van der Waals surface area contributed by atoms with E-state index < -0.39 is 5.97 Å². The molecule has 5 heteroatoms. The SMILES string of the molecule is C/C(=C/CNc1ccc(Cl)c2cccnc12)C(=O)O. The van der Waals surface area contributed by atoms with Crippen molar-refractivity contribution in [2.24, 2.45) is 0 Å². The molecule has 19 heavy (non-hydrogen) atoms. The second-order valence-corrected chi connectivity index (χ2v) is 4.47. The molecule has 0 unspecified atom stereocenters. The average Bonchev–Trinajstić information content (AvgIpc) is 2.41. The maximum absolute atomic E-state index is 10.7. The third-order valence-electron chi connectivity index (χ3n) is 2.75. The molecule has 0 saturated heterocycles. The van der Waals surface area contributed by atoms with Gasteiger partial charge < -0.3 is 10.4 Å². The van der Waals surface area contributed by atoms with E-state index in [2.05, 4.69) is 10.3 Å². The Hall–Kier alpha value is -2.07. The summed E-state index contributed by atoms with van der Waals surface area (Å²) in [5.74, 6) is -0.916. The Morgan fingerprint density at radius 3 is 3.00 bits per heavy atom. The van der Waals surface area contributed by atoms with Gasteiger partial charge in [-0.3, -0.25) is 4.98 Å². The van der Waals surface area contributed by atoms with E-state index in [0.29, 0.717) is 17.1 Å². The van der Waals surface area contributed by atoms with Gasteiger partial charge in [0.25, 0.3) is 0 Å². The summed E-state index contributed by atoms with van der Waals surface area (Å²) in [6, 6.07) is 7.35. The van der Waals surface area contributed by atoms with Gasteiger partial charge in [-0.25, -0.2) is 4.79 Å². The number of carboxylic acid groups (broad SMARTS) is 1. The first-order valence-electron chi connectivity index (χ1n) is 5.77. The summed E-state index contributed by atoms with van der Waals surface area (Å²) in [6.07, 6.45) is 3.31. The number of carboxylic acids is 1. The van der Waals surface area contributed by atoms with Crippen molar-refractivity contribution in [3.8, 4) is 0 Å². The molecule has 0 spiro atoms. The quantitative estimate of drug-likeness (QED) is 0.841. The van der Waals surface area contributed by atoms with Crippen molar-refractivity contribution in [3.63, 3.8) is 0 Å². The van der Waals surface area contributed by atoms with Crippen molar-refractivity contribution in [3.05, 3.63) is 47.1 Å². The molecule has 0 atom stereocenters. The van der Waals surface area contributed by atoms with Crippen molar-refractivity contribution >= 4 is 34.2 Å². The van der Waals surface area contributed by atoms with Gasteiger partial charge in [0.15, 0.2) is 0 Å². The topological polar surface area (TPSA) is 62.2 Å². The first-order valence-corrected chi connectivity index (χ1v) is 6.14. The smallest absolute Gasteiger partial charge is 0.331 e. The number of aliphatic carboxylic acids is 1. The summed E-state index contributed by atoms with van der Waals surface area (Å²) in [5.41, 5.74) is 1.91. The van der Waals surface area contributed by atoms with E-state index in [1.807, 2.05) is 18.2 Å². The van der Waals surface area contributed by atoms with Gasteiger partial charge in [0.1, 0.15) is 0 Å². The molecule has 0 fully saturated rings. The van der Waals surface area contributed by atoms with Crippen molar-refractivity contribution in [1.82, 2.24) is 4.98 Å². The average molecular weight is 277 g/mol. The number of benzene rings is 1. The zero-order chi connectivity index (χ0) is 13.8. The minimum atomic E-state index is -0.916. The molecule has 0 aliphatic rings. The van der Waals surface area contributed by atoms with Crippen LogP contribution in [-0.2, 0) is 4.79 Å². The third kappa shape index (κ3) is 3.03. The van der Waals surface area contributed by atoms with Crippen LogP contribution in [0.1, 0.15) is 6.92 Å². The number of hydrogen-bond acceptors (Lipinski definition) is 3. The first-order chi connectivity index (χ1) is 9.09. The fraction of sp³-hybridized carbons (Fsp3) is 0.143. The number of rotatable bonds is 4. The number of carbonyl (C=O) groups is 1. The summed E-state index contributed by atoms with van der Waals surface area (Å²) < 4.78 is 0. The van der Waals surface area contributed by atoms with Crippen LogP contribution in [-0.4, -0.2) is 22.6 Å². The molecule has 1 aromatic carbocycles. The van der Waals surface area contributed by atoms with E-state index in [9.17, 15) is 4.79 Å². The first kappa shape index (κ1) is 13.4. The van der Waals surface area contributed by atoms with Gasteiger partial charge in [-0.2, -0.15) is 0 Å². The van der Waals surface area contributed by atoms with E-state index in [1.165, 1.54) is 0 Å². The van der Waals surface area contributed by atoms with Gasteiger partial charge >= 0.3 is 5.97 Å². The Kier molecular flexibility index (Phi) is 4.02. The van der Waals surface area contributed by atoms with Gasteiger partial charge in [0.2, 0.25) is 0 Å². The molecule has 0 bridgehead atoms. The molecule has 0 aliphatic heterocycles. The lowest BCUT2D eigenvalue weighted by molar-refractivity contribution is -0.132. The van der Waals surface area contributed by atoms with Crippen LogP contribution in [0.5, 0.6) is 0 Å². The maximum atomic E-state index is 10.7. The molecule has 0 aliphatic carbocycles. The van der Waals surface area contributed by atoms with Crippen molar-refractivity contribution in [2.75, 3.05) is 11.9 Å². The van der Waals surface area contributed by atoms with Crippen LogP contribution in [0.15, 0.2) is 42.1 Å². The third-order valence-corrected chi connectivity index (χ3v) is 3.08. The highest BCUT2D eigenvalue weighted by atomic mass is 35.5. The zero-order valence-corrected chi connectivity index (χ0v) is 11.1. The van der Waals surface area contributed by atoms with Crippen LogP contribution >= 0.6 is 11.6 Å². The van der Waals surface area contributed by atoms with Crippen molar-refractivity contribution in [2.45, 2.75) is 6.92 Å². The Bertz CT molecular complexity index is 653. The number of halogens is 1. The molecule has 2 N–H and O–H groups in total. The highest BCUT2D eigenvalue weighted by Gasteiger charge is 2.05. The summed E-state index contributed by atoms with van der Waals surface area (Å²) in [5, 5.41) is 13.4. The highest BCUT2D eigenvalue weighted by molar-refractivity contribution is 6.35. The minimum absolute atomic E-state index is 0.304. The number of nitrogens with one attached hydrogen (secondary N) is 1. The lowest BCUT2D eigenvalue weighted by Crippen LogP contribution is -2.03. The normalized spacial score (nSPS) is 11.6. The Morgan fingerprint density at radius 1 is 1.47 bits per heavy atom. The fourth-order valence-electron chi connectivity index (χ4n) is 1.68. The number of hydrogen-bond donors (Lipinski definition) is 2. The van der Waals surface area contributed by atoms with E-state index >= 15 is 0 Å². The van der Waals surface area contributed by atoms with Gasteiger partial charge in [-0.1, -0.05) is 17.7 Å². The second kappa shape index (κ2) is 5.71. The fourth-order valence-corrected chi connectivity index (χ4v) is 1.90. The predicted octanol–water partition coefficient (Wildman–Crippen LogP) is 3.33. The maximum Gasteiger partial charge on any atom is 0.331 e. The van der Waals surface area contributed by atoms with Crippen LogP contribution in [0.4, 0.5) is 5.69 Å². The van der Waals surface area contributed by atoms with E-state index in [0.717, 1.165) is 16.6 Å². The predicted molar refractivity (Wildman–Crippen MR) is 76.6 cm³/mol. The second-order valence-electron chi connectivity index (χ2n) is 4.07. The molecular weight excluding hydrogens is 264 g/mol. The molecule has 1 aromatic heterocycles. The van der Waals surface area contributed by atoms with Crippen LogP contribution in [0.3, 0.4) is 0 Å². The standard InChI is InChI=1S/C14H13ClN2O2/c1-9(14(18)19)6-8-16-12-5-4-11(15)10-3-2-7-17-13(10)12/h2-7,16H,8H2,1H3,(H,18,19)/b9-6-. The van der Waals surface area contributed by atoms with Crippen LogP contribution < -0.4 is 5.32 Å². The molecule has 98 valence electrons. The largest absolute Gasteiger partial charge is 0.478 e. The van der Waals surface area contributed by atoms with Gasteiger partial charge in [-0.15, -0.1) is 0 Å². The van der Waals surface area contributed by atoms with E-state index in [-0.39, 0.29) is 0 Å². The Labute approximate surface area is 115 Å². The molecule has 1 heterocycles. The Balaban J connectivity index is 2.25. The summed E-state index contributed by atoms with van der Waals surface area (Å²) >= 11 is 6.10. The number of pyridine rings is 1. The van der Waals surface area contributed by atoms with Crippen LogP contribution in [0, 0.1) is 0 Å². The monoisotopic (exact) mass is 276 g/mol. The number of nitrogens with zero attached hydrogens (tertiary/aromatic N) is 1. The Morgan fingerprint density at radius 2 is 2.26 bits per heavy atom. The summed E-state index contributed by atoms with van der Waals surface area (Å²) in [4.78, 5) is 15.0. The molecule has 0 saturated carbocycles.